The van der Waals surface area contributed by atoms with Crippen LogP contribution >= 0.6 is 23.2 Å². The zero-order valence-corrected chi connectivity index (χ0v) is 16.0. The molecule has 0 saturated heterocycles. The molecule has 6 nitrogen and oxygen atoms in total. The number of amides is 2. The minimum atomic E-state index is -0.907. The van der Waals surface area contributed by atoms with E-state index in [0.29, 0.717) is 10.6 Å². The number of carbonyl (C=O) groups excluding carboxylic acids is 2. The van der Waals surface area contributed by atoms with Crippen molar-refractivity contribution in [1.29, 1.82) is 0 Å². The Morgan fingerprint density at radius 3 is 2.56 bits per heavy atom. The highest BCUT2D eigenvalue weighted by molar-refractivity contribution is 6.32. The van der Waals surface area contributed by atoms with E-state index < -0.39 is 29.0 Å². The fourth-order valence-corrected chi connectivity index (χ4v) is 2.40. The molecule has 0 heterocycles. The number of alkyl carbamates (subject to hydrolysis) is 1. The predicted octanol–water partition coefficient (Wildman–Crippen LogP) is 3.01. The second-order valence-corrected chi connectivity index (χ2v) is 7.39. The molecule has 0 aliphatic carbocycles. The molecule has 3 N–H and O–H groups in total. The summed E-state index contributed by atoms with van der Waals surface area (Å²) in [4.78, 5) is 24.0. The SMILES string of the molecule is CC(C)(C)OC(=O)N[C@@H](CCO)CNC(=O)C(Cl)c1cccc(Cl)c1. The summed E-state index contributed by atoms with van der Waals surface area (Å²) < 4.78 is 5.17. The van der Waals surface area contributed by atoms with Crippen molar-refractivity contribution in [2.75, 3.05) is 13.2 Å². The van der Waals surface area contributed by atoms with Gasteiger partial charge in [0.25, 0.3) is 0 Å². The van der Waals surface area contributed by atoms with Gasteiger partial charge in [-0.2, -0.15) is 0 Å². The average molecular weight is 391 g/mol. The van der Waals surface area contributed by atoms with Crippen molar-refractivity contribution in [3.63, 3.8) is 0 Å². The highest BCUT2D eigenvalue weighted by Crippen LogP contribution is 2.23. The third-order valence-corrected chi connectivity index (χ3v) is 3.78. The Kier molecular flexibility index (Phi) is 8.48. The molecule has 1 rings (SSSR count). The Morgan fingerprint density at radius 2 is 2.00 bits per heavy atom. The zero-order chi connectivity index (χ0) is 19.0. The number of halogens is 2. The highest BCUT2D eigenvalue weighted by atomic mass is 35.5. The van der Waals surface area contributed by atoms with Gasteiger partial charge in [0, 0.05) is 18.2 Å². The van der Waals surface area contributed by atoms with Crippen molar-refractivity contribution in [1.82, 2.24) is 10.6 Å². The number of benzene rings is 1. The summed E-state index contributed by atoms with van der Waals surface area (Å²) in [6.07, 6.45) is -0.346. The van der Waals surface area contributed by atoms with Gasteiger partial charge in [-0.05, 0) is 44.9 Å². The van der Waals surface area contributed by atoms with Crippen LogP contribution < -0.4 is 10.6 Å². The van der Waals surface area contributed by atoms with E-state index in [9.17, 15) is 9.59 Å². The van der Waals surface area contributed by atoms with E-state index in [2.05, 4.69) is 10.6 Å². The van der Waals surface area contributed by atoms with Gasteiger partial charge in [0.1, 0.15) is 11.0 Å². The van der Waals surface area contributed by atoms with Gasteiger partial charge in [-0.3, -0.25) is 4.79 Å². The van der Waals surface area contributed by atoms with Gasteiger partial charge < -0.3 is 20.5 Å². The van der Waals surface area contributed by atoms with E-state index in [1.165, 1.54) is 0 Å². The fourth-order valence-electron chi connectivity index (χ4n) is 1.98. The number of ether oxygens (including phenoxy) is 1. The number of hydrogen-bond acceptors (Lipinski definition) is 4. The quantitative estimate of drug-likeness (QED) is 0.624. The molecule has 1 aromatic carbocycles. The number of alkyl halides is 1. The maximum absolute atomic E-state index is 12.2. The first-order valence-corrected chi connectivity index (χ1v) is 8.71. The zero-order valence-electron chi connectivity index (χ0n) is 14.5. The average Bonchev–Trinajstić information content (AvgIpc) is 2.50. The van der Waals surface area contributed by atoms with Crippen molar-refractivity contribution in [2.45, 2.75) is 44.2 Å². The molecule has 1 unspecified atom stereocenters. The lowest BCUT2D eigenvalue weighted by Gasteiger charge is -2.24. The molecule has 0 aliphatic heterocycles. The van der Waals surface area contributed by atoms with E-state index in [4.69, 9.17) is 33.0 Å². The fraction of sp³-hybridized carbons (Fsp3) is 0.529. The van der Waals surface area contributed by atoms with Crippen molar-refractivity contribution >= 4 is 35.2 Å². The first-order chi connectivity index (χ1) is 11.6. The van der Waals surface area contributed by atoms with Crippen LogP contribution in [0.25, 0.3) is 0 Å². The normalized spacial score (nSPS) is 13.7. The molecule has 0 saturated carbocycles. The molecule has 2 amide bonds. The number of rotatable bonds is 7. The van der Waals surface area contributed by atoms with Gasteiger partial charge >= 0.3 is 6.09 Å². The van der Waals surface area contributed by atoms with E-state index >= 15 is 0 Å². The molecule has 140 valence electrons. The molecule has 2 atom stereocenters. The molecule has 0 aromatic heterocycles. The van der Waals surface area contributed by atoms with E-state index in [1.807, 2.05) is 0 Å². The number of hydrogen-bond donors (Lipinski definition) is 3. The van der Waals surface area contributed by atoms with E-state index in [0.717, 1.165) is 0 Å². The molecule has 0 aliphatic rings. The first-order valence-electron chi connectivity index (χ1n) is 7.90. The van der Waals surface area contributed by atoms with Crippen LogP contribution in [0.5, 0.6) is 0 Å². The van der Waals surface area contributed by atoms with E-state index in [-0.39, 0.29) is 19.6 Å². The van der Waals surface area contributed by atoms with Crippen LogP contribution in [0.4, 0.5) is 4.79 Å². The Morgan fingerprint density at radius 1 is 1.32 bits per heavy atom. The Labute approximate surface area is 157 Å². The molecule has 0 radical (unpaired) electrons. The molecule has 8 heteroatoms. The number of aliphatic hydroxyl groups is 1. The lowest BCUT2D eigenvalue weighted by Crippen LogP contribution is -2.46. The van der Waals surface area contributed by atoms with Gasteiger partial charge in [0.05, 0.1) is 6.04 Å². The van der Waals surface area contributed by atoms with Gasteiger partial charge in [-0.1, -0.05) is 23.7 Å². The molecular weight excluding hydrogens is 367 g/mol. The minimum absolute atomic E-state index is 0.114. The minimum Gasteiger partial charge on any atom is -0.444 e. The van der Waals surface area contributed by atoms with Crippen LogP contribution in [0.3, 0.4) is 0 Å². The van der Waals surface area contributed by atoms with Crippen LogP contribution in [0.2, 0.25) is 5.02 Å². The summed E-state index contributed by atoms with van der Waals surface area (Å²) >= 11 is 12.0. The summed E-state index contributed by atoms with van der Waals surface area (Å²) in [6.45, 7) is 5.22. The summed E-state index contributed by atoms with van der Waals surface area (Å²) in [5, 5.41) is 14.0. The molecule has 25 heavy (non-hydrogen) atoms. The number of carbonyl (C=O) groups is 2. The molecule has 1 aromatic rings. The number of nitrogens with one attached hydrogen (secondary N) is 2. The van der Waals surface area contributed by atoms with Crippen LogP contribution in [0.15, 0.2) is 24.3 Å². The molecule has 0 bridgehead atoms. The standard InChI is InChI=1S/C17H24Cl2N2O4/c1-17(2,3)25-16(24)21-13(7-8-22)10-20-15(23)14(19)11-5-4-6-12(18)9-11/h4-6,9,13-14,22H,7-8,10H2,1-3H3,(H,20,23)(H,21,24)/t13-,14?/m0/s1. The number of aliphatic hydroxyl groups excluding tert-OH is 1. The largest absolute Gasteiger partial charge is 0.444 e. The summed E-state index contributed by atoms with van der Waals surface area (Å²) in [5.41, 5.74) is -0.0595. The smallest absolute Gasteiger partial charge is 0.407 e. The first kappa shape index (κ1) is 21.5. The topological polar surface area (TPSA) is 87.7 Å². The Balaban J connectivity index is 2.58. The van der Waals surface area contributed by atoms with E-state index in [1.54, 1.807) is 45.0 Å². The molecule has 0 spiro atoms. The molecule has 0 fully saturated rings. The molecular formula is C17H24Cl2N2O4. The van der Waals surface area contributed by atoms with Gasteiger partial charge in [0.2, 0.25) is 5.91 Å². The Bertz CT molecular complexity index is 590. The van der Waals surface area contributed by atoms with Gasteiger partial charge in [-0.25, -0.2) is 4.79 Å². The maximum Gasteiger partial charge on any atom is 0.407 e. The van der Waals surface area contributed by atoms with Crippen LogP contribution in [-0.4, -0.2) is 41.9 Å². The summed E-state index contributed by atoms with van der Waals surface area (Å²) in [7, 11) is 0. The summed E-state index contributed by atoms with van der Waals surface area (Å²) in [6, 6.07) is 6.23. The van der Waals surface area contributed by atoms with Gasteiger partial charge in [0.15, 0.2) is 0 Å². The maximum atomic E-state index is 12.2. The van der Waals surface area contributed by atoms with Crippen molar-refractivity contribution < 1.29 is 19.4 Å². The monoisotopic (exact) mass is 390 g/mol. The predicted molar refractivity (Wildman–Crippen MR) is 97.9 cm³/mol. The lowest BCUT2D eigenvalue weighted by atomic mass is 10.1. The van der Waals surface area contributed by atoms with Crippen molar-refractivity contribution in [3.8, 4) is 0 Å². The lowest BCUT2D eigenvalue weighted by molar-refractivity contribution is -0.121. The Hall–Kier alpha value is -1.50. The van der Waals surface area contributed by atoms with Crippen molar-refractivity contribution in [2.24, 2.45) is 0 Å². The second kappa shape index (κ2) is 9.85. The van der Waals surface area contributed by atoms with Crippen LogP contribution in [-0.2, 0) is 9.53 Å². The van der Waals surface area contributed by atoms with Gasteiger partial charge in [-0.15, -0.1) is 11.6 Å². The van der Waals surface area contributed by atoms with Crippen LogP contribution in [0.1, 0.15) is 38.1 Å². The van der Waals surface area contributed by atoms with Crippen molar-refractivity contribution in [3.05, 3.63) is 34.9 Å². The summed E-state index contributed by atoms with van der Waals surface area (Å²) in [5.74, 6) is -0.419. The third-order valence-electron chi connectivity index (χ3n) is 3.09. The highest BCUT2D eigenvalue weighted by Gasteiger charge is 2.22. The third kappa shape index (κ3) is 8.43. The second-order valence-electron chi connectivity index (χ2n) is 6.52. The van der Waals surface area contributed by atoms with Crippen LogP contribution in [0, 0.1) is 0 Å².